The summed E-state index contributed by atoms with van der Waals surface area (Å²) < 4.78 is 0. The predicted molar refractivity (Wildman–Crippen MR) is 107 cm³/mol. The first-order valence-electron chi connectivity index (χ1n) is 8.39. The van der Waals surface area contributed by atoms with Crippen molar-refractivity contribution in [1.29, 1.82) is 0 Å². The molecule has 6 heteroatoms. The summed E-state index contributed by atoms with van der Waals surface area (Å²) in [5.41, 5.74) is 8.28. The summed E-state index contributed by atoms with van der Waals surface area (Å²) in [7, 11) is 2.10. The van der Waals surface area contributed by atoms with Crippen molar-refractivity contribution in [3.8, 4) is 0 Å². The second-order valence-electron chi connectivity index (χ2n) is 6.99. The minimum absolute atomic E-state index is 0.00976. The van der Waals surface area contributed by atoms with Crippen LogP contribution in [0.2, 0.25) is 0 Å². The zero-order chi connectivity index (χ0) is 18.9. The van der Waals surface area contributed by atoms with E-state index in [2.05, 4.69) is 61.5 Å². The summed E-state index contributed by atoms with van der Waals surface area (Å²) in [5.74, 6) is 0. The van der Waals surface area contributed by atoms with Crippen LogP contribution in [0.5, 0.6) is 0 Å². The molecule has 0 amide bonds. The molecule has 3 rings (SSSR count). The van der Waals surface area contributed by atoms with E-state index in [1.165, 1.54) is 29.0 Å². The minimum atomic E-state index is -0.422. The van der Waals surface area contributed by atoms with Crippen molar-refractivity contribution < 1.29 is 4.92 Å². The van der Waals surface area contributed by atoms with Gasteiger partial charge in [0.25, 0.3) is 5.69 Å². The van der Waals surface area contributed by atoms with Crippen LogP contribution >= 0.6 is 0 Å². The number of non-ortho nitro benzene ring substituents is 1. The number of benzene rings is 2. The zero-order valence-corrected chi connectivity index (χ0v) is 15.4. The van der Waals surface area contributed by atoms with Gasteiger partial charge in [-0.05, 0) is 56.2 Å². The van der Waals surface area contributed by atoms with Gasteiger partial charge in [-0.3, -0.25) is 15.5 Å². The third-order valence-electron chi connectivity index (χ3n) is 4.73. The fourth-order valence-electron chi connectivity index (χ4n) is 3.10. The fraction of sp³-hybridized carbons (Fsp3) is 0.250. The van der Waals surface area contributed by atoms with Crippen molar-refractivity contribution >= 4 is 28.8 Å². The maximum Gasteiger partial charge on any atom is 0.269 e. The van der Waals surface area contributed by atoms with Crippen LogP contribution in [0.25, 0.3) is 5.57 Å². The molecule has 2 aromatic carbocycles. The molecule has 134 valence electrons. The second kappa shape index (κ2) is 6.63. The number of nitro benzene ring substituents is 1. The Morgan fingerprint density at radius 3 is 2.54 bits per heavy atom. The minimum Gasteiger partial charge on any atom is -0.366 e. The van der Waals surface area contributed by atoms with Gasteiger partial charge in [0.1, 0.15) is 0 Å². The molecule has 1 aliphatic rings. The first-order chi connectivity index (χ1) is 12.3. The maximum atomic E-state index is 10.7. The number of fused-ring (bicyclic) bond motifs is 1. The van der Waals surface area contributed by atoms with E-state index in [4.69, 9.17) is 0 Å². The van der Waals surface area contributed by atoms with Crippen LogP contribution in [0.15, 0.2) is 53.6 Å². The van der Waals surface area contributed by atoms with Crippen molar-refractivity contribution in [2.45, 2.75) is 26.3 Å². The molecule has 0 saturated carbocycles. The number of rotatable bonds is 4. The van der Waals surface area contributed by atoms with Crippen molar-refractivity contribution in [2.24, 2.45) is 5.10 Å². The highest BCUT2D eigenvalue weighted by molar-refractivity contribution is 5.88. The highest BCUT2D eigenvalue weighted by atomic mass is 16.6. The first-order valence-corrected chi connectivity index (χ1v) is 8.39. The average Bonchev–Trinajstić information content (AvgIpc) is 2.60. The van der Waals surface area contributed by atoms with Crippen molar-refractivity contribution in [3.63, 3.8) is 0 Å². The number of nitrogens with one attached hydrogen (secondary N) is 1. The summed E-state index contributed by atoms with van der Waals surface area (Å²) in [5, 5.41) is 14.9. The molecule has 6 nitrogen and oxygen atoms in total. The molecule has 1 heterocycles. The van der Waals surface area contributed by atoms with E-state index >= 15 is 0 Å². The lowest BCUT2D eigenvalue weighted by atomic mass is 9.89. The van der Waals surface area contributed by atoms with Gasteiger partial charge in [0.15, 0.2) is 0 Å². The van der Waals surface area contributed by atoms with Crippen LogP contribution in [0.4, 0.5) is 17.1 Å². The molecule has 0 atom stereocenters. The van der Waals surface area contributed by atoms with E-state index in [1.54, 1.807) is 18.3 Å². The largest absolute Gasteiger partial charge is 0.366 e. The monoisotopic (exact) mass is 350 g/mol. The Morgan fingerprint density at radius 2 is 1.88 bits per heavy atom. The Bertz CT molecular complexity index is 899. The highest BCUT2D eigenvalue weighted by Crippen LogP contribution is 2.37. The third kappa shape index (κ3) is 3.44. The number of anilines is 2. The lowest BCUT2D eigenvalue weighted by molar-refractivity contribution is -0.384. The summed E-state index contributed by atoms with van der Waals surface area (Å²) >= 11 is 0. The quantitative estimate of drug-likeness (QED) is 0.494. The van der Waals surface area contributed by atoms with E-state index in [9.17, 15) is 10.1 Å². The third-order valence-corrected chi connectivity index (χ3v) is 4.73. The molecule has 0 bridgehead atoms. The smallest absolute Gasteiger partial charge is 0.269 e. The van der Waals surface area contributed by atoms with Crippen molar-refractivity contribution in [1.82, 2.24) is 0 Å². The van der Waals surface area contributed by atoms with Gasteiger partial charge in [-0.2, -0.15) is 5.10 Å². The van der Waals surface area contributed by atoms with Gasteiger partial charge >= 0.3 is 0 Å². The molecule has 1 aliphatic heterocycles. The normalized spacial score (nSPS) is 15.5. The van der Waals surface area contributed by atoms with E-state index in [1.807, 2.05) is 6.07 Å². The molecule has 0 fully saturated rings. The molecule has 0 aliphatic carbocycles. The SMILES string of the molecule is CC1=CC(C)(C)N(C)c2ccc(/C=N\Nc3ccc([N+](=O)[O-])cc3)cc21. The fourth-order valence-corrected chi connectivity index (χ4v) is 3.10. The number of hydrogen-bond donors (Lipinski definition) is 1. The van der Waals surface area contributed by atoms with Gasteiger partial charge in [0, 0.05) is 30.4 Å². The molecule has 0 aromatic heterocycles. The van der Waals surface area contributed by atoms with Gasteiger partial charge in [-0.1, -0.05) is 12.1 Å². The van der Waals surface area contributed by atoms with Crippen LogP contribution in [0, 0.1) is 10.1 Å². The Labute approximate surface area is 153 Å². The van der Waals surface area contributed by atoms with Gasteiger partial charge in [-0.25, -0.2) is 0 Å². The van der Waals surface area contributed by atoms with Crippen LogP contribution in [0.3, 0.4) is 0 Å². The Kier molecular flexibility index (Phi) is 4.50. The Balaban J connectivity index is 1.76. The highest BCUT2D eigenvalue weighted by Gasteiger charge is 2.28. The summed E-state index contributed by atoms with van der Waals surface area (Å²) in [6, 6.07) is 12.4. The number of likely N-dealkylation sites (N-methyl/N-ethyl adjacent to an activating group) is 1. The van der Waals surface area contributed by atoms with Gasteiger partial charge in [0.05, 0.1) is 22.4 Å². The van der Waals surface area contributed by atoms with Gasteiger partial charge in [-0.15, -0.1) is 0 Å². The van der Waals surface area contributed by atoms with Crippen LogP contribution in [0.1, 0.15) is 31.9 Å². The second-order valence-corrected chi connectivity index (χ2v) is 6.99. The molecular weight excluding hydrogens is 328 g/mol. The molecule has 0 spiro atoms. The molecule has 2 aromatic rings. The number of hydrazone groups is 1. The van der Waals surface area contributed by atoms with Crippen molar-refractivity contribution in [2.75, 3.05) is 17.4 Å². The molecule has 0 radical (unpaired) electrons. The van der Waals surface area contributed by atoms with E-state index < -0.39 is 4.92 Å². The average molecular weight is 350 g/mol. The first kappa shape index (κ1) is 17.7. The lowest BCUT2D eigenvalue weighted by Gasteiger charge is -2.40. The summed E-state index contributed by atoms with van der Waals surface area (Å²) in [6.45, 7) is 6.52. The van der Waals surface area contributed by atoms with Crippen LogP contribution in [-0.4, -0.2) is 23.7 Å². The number of nitrogens with zero attached hydrogens (tertiary/aromatic N) is 3. The lowest BCUT2D eigenvalue weighted by Crippen LogP contribution is -2.42. The summed E-state index contributed by atoms with van der Waals surface area (Å²) in [4.78, 5) is 12.5. The molecular formula is C20H22N4O2. The topological polar surface area (TPSA) is 70.8 Å². The van der Waals surface area contributed by atoms with Gasteiger partial charge in [0.2, 0.25) is 0 Å². The molecule has 26 heavy (non-hydrogen) atoms. The van der Waals surface area contributed by atoms with E-state index in [0.717, 1.165) is 5.56 Å². The van der Waals surface area contributed by atoms with Crippen LogP contribution < -0.4 is 10.3 Å². The Hall–Kier alpha value is -3.15. The van der Waals surface area contributed by atoms with Gasteiger partial charge < -0.3 is 4.90 Å². The number of nitro groups is 1. The molecule has 0 saturated heterocycles. The van der Waals surface area contributed by atoms with E-state index in [-0.39, 0.29) is 11.2 Å². The standard InChI is InChI=1S/C20H22N4O2/c1-14-12-20(2,3)23(4)19-10-5-15(11-18(14)19)13-21-22-16-6-8-17(9-7-16)24(25)26/h5-13,22H,1-4H3/b21-13-. The predicted octanol–water partition coefficient (Wildman–Crippen LogP) is 4.67. The number of allylic oxidation sites excluding steroid dienone is 1. The Morgan fingerprint density at radius 1 is 1.19 bits per heavy atom. The molecule has 0 unspecified atom stereocenters. The van der Waals surface area contributed by atoms with Crippen LogP contribution in [-0.2, 0) is 0 Å². The molecule has 1 N–H and O–H groups in total. The zero-order valence-electron chi connectivity index (χ0n) is 15.4. The maximum absolute atomic E-state index is 10.7. The summed E-state index contributed by atoms with van der Waals surface area (Å²) in [6.07, 6.45) is 4.01. The van der Waals surface area contributed by atoms with Crippen molar-refractivity contribution in [3.05, 3.63) is 69.8 Å². The van der Waals surface area contributed by atoms with E-state index in [0.29, 0.717) is 5.69 Å². The number of hydrogen-bond acceptors (Lipinski definition) is 5.